The molecule has 0 spiro atoms. The van der Waals surface area contributed by atoms with Crippen molar-refractivity contribution in [2.24, 2.45) is 0 Å². The molecular formula is C7H8F3N. The molecule has 0 aromatic carbocycles. The van der Waals surface area contributed by atoms with Gasteiger partial charge in [0.05, 0.1) is 0 Å². The van der Waals surface area contributed by atoms with Gasteiger partial charge in [-0.25, -0.2) is 4.39 Å². The van der Waals surface area contributed by atoms with Crippen LogP contribution in [0.25, 0.3) is 0 Å². The molecule has 1 rings (SSSR count). The highest BCUT2D eigenvalue weighted by atomic mass is 19.2. The van der Waals surface area contributed by atoms with Crippen molar-refractivity contribution in [3.63, 3.8) is 0 Å². The minimum atomic E-state index is -1.40. The lowest BCUT2D eigenvalue weighted by Gasteiger charge is -2.05. The molecule has 1 nitrogen and oxygen atoms in total. The topological polar surface area (TPSA) is 4.93 Å². The molecule has 0 atom stereocenters. The third kappa shape index (κ3) is 1.25. The first kappa shape index (κ1) is 8.17. The predicted octanol–water partition coefficient (Wildman–Crippen LogP) is 2.49. The number of nitrogens with zero attached hydrogens (tertiary/aromatic N) is 1. The van der Waals surface area contributed by atoms with Crippen LogP contribution in [-0.2, 0) is 0 Å². The standard InChI is InChI=1S/C7H8F3N/c1-4(2)11-3-5(8)6(9)7(11)10/h3-4H,1-2H3. The van der Waals surface area contributed by atoms with Gasteiger partial charge in [0.25, 0.3) is 0 Å². The van der Waals surface area contributed by atoms with Gasteiger partial charge in [0.2, 0.25) is 11.8 Å². The minimum absolute atomic E-state index is 0.269. The van der Waals surface area contributed by atoms with Crippen LogP contribution in [0.1, 0.15) is 19.9 Å². The van der Waals surface area contributed by atoms with Crippen LogP contribution in [0, 0.1) is 17.6 Å². The van der Waals surface area contributed by atoms with E-state index in [1.807, 2.05) is 0 Å². The fourth-order valence-electron chi connectivity index (χ4n) is 0.823. The van der Waals surface area contributed by atoms with E-state index in [9.17, 15) is 13.2 Å². The second-order valence-corrected chi connectivity index (χ2v) is 2.58. The molecule has 0 aliphatic carbocycles. The van der Waals surface area contributed by atoms with Crippen LogP contribution in [0.2, 0.25) is 0 Å². The first-order chi connectivity index (χ1) is 5.04. The van der Waals surface area contributed by atoms with Crippen molar-refractivity contribution < 1.29 is 13.2 Å². The fraction of sp³-hybridized carbons (Fsp3) is 0.429. The molecule has 0 fully saturated rings. The van der Waals surface area contributed by atoms with E-state index in [1.165, 1.54) is 0 Å². The zero-order valence-electron chi connectivity index (χ0n) is 6.24. The molecule has 62 valence electrons. The lowest BCUT2D eigenvalue weighted by molar-refractivity contribution is 0.407. The van der Waals surface area contributed by atoms with E-state index in [4.69, 9.17) is 0 Å². The minimum Gasteiger partial charge on any atom is -0.317 e. The molecule has 0 aliphatic heterocycles. The van der Waals surface area contributed by atoms with E-state index in [0.29, 0.717) is 0 Å². The van der Waals surface area contributed by atoms with Crippen molar-refractivity contribution >= 4 is 0 Å². The number of hydrogen-bond acceptors (Lipinski definition) is 0. The summed E-state index contributed by atoms with van der Waals surface area (Å²) in [5, 5.41) is 0. The Hall–Kier alpha value is -0.930. The van der Waals surface area contributed by atoms with E-state index < -0.39 is 17.6 Å². The molecule has 11 heavy (non-hydrogen) atoms. The quantitative estimate of drug-likeness (QED) is 0.599. The highest BCUT2D eigenvalue weighted by Gasteiger charge is 2.16. The number of hydrogen-bond donors (Lipinski definition) is 0. The van der Waals surface area contributed by atoms with E-state index >= 15 is 0 Å². The molecule has 1 aromatic rings. The van der Waals surface area contributed by atoms with Crippen molar-refractivity contribution in [2.45, 2.75) is 19.9 Å². The summed E-state index contributed by atoms with van der Waals surface area (Å²) in [4.78, 5) is 0. The third-order valence-corrected chi connectivity index (χ3v) is 1.43. The fourth-order valence-corrected chi connectivity index (χ4v) is 0.823. The van der Waals surface area contributed by atoms with Gasteiger partial charge in [-0.15, -0.1) is 0 Å². The van der Waals surface area contributed by atoms with E-state index in [1.54, 1.807) is 13.8 Å². The zero-order chi connectivity index (χ0) is 8.59. The molecule has 0 N–H and O–H groups in total. The Morgan fingerprint density at radius 2 is 1.82 bits per heavy atom. The average molecular weight is 163 g/mol. The Balaban J connectivity index is 3.19. The summed E-state index contributed by atoms with van der Waals surface area (Å²) in [5.74, 6) is -3.69. The molecule has 0 saturated carbocycles. The molecule has 0 unspecified atom stereocenters. The van der Waals surface area contributed by atoms with Crippen LogP contribution in [0.15, 0.2) is 6.20 Å². The van der Waals surface area contributed by atoms with Gasteiger partial charge in [-0.1, -0.05) is 0 Å². The van der Waals surface area contributed by atoms with Crippen molar-refractivity contribution in [1.82, 2.24) is 4.57 Å². The Kier molecular flexibility index (Phi) is 1.93. The first-order valence-corrected chi connectivity index (χ1v) is 3.25. The molecule has 1 aromatic heterocycles. The van der Waals surface area contributed by atoms with Gasteiger partial charge in [-0.05, 0) is 13.8 Å². The van der Waals surface area contributed by atoms with Gasteiger partial charge in [0, 0.05) is 12.2 Å². The second kappa shape index (κ2) is 2.60. The Morgan fingerprint density at radius 3 is 2.00 bits per heavy atom. The number of rotatable bonds is 1. The summed E-state index contributed by atoms with van der Waals surface area (Å²) < 4.78 is 38.2. The molecule has 0 amide bonds. The highest BCUT2D eigenvalue weighted by Crippen LogP contribution is 2.16. The number of aromatic nitrogens is 1. The van der Waals surface area contributed by atoms with Crippen LogP contribution in [0.5, 0.6) is 0 Å². The van der Waals surface area contributed by atoms with Crippen LogP contribution in [0.3, 0.4) is 0 Å². The number of halogens is 3. The van der Waals surface area contributed by atoms with Crippen molar-refractivity contribution in [3.05, 3.63) is 23.8 Å². The monoisotopic (exact) mass is 163 g/mol. The summed E-state index contributed by atoms with van der Waals surface area (Å²) in [6, 6.07) is -0.269. The van der Waals surface area contributed by atoms with Gasteiger partial charge in [-0.2, -0.15) is 8.78 Å². The van der Waals surface area contributed by atoms with Gasteiger partial charge in [-0.3, -0.25) is 0 Å². The SMILES string of the molecule is CC(C)n1cc(F)c(F)c1F. The maximum absolute atomic E-state index is 12.6. The molecular weight excluding hydrogens is 155 g/mol. The lowest BCUT2D eigenvalue weighted by Crippen LogP contribution is -2.02. The van der Waals surface area contributed by atoms with Crippen LogP contribution >= 0.6 is 0 Å². The molecule has 0 radical (unpaired) electrons. The summed E-state index contributed by atoms with van der Waals surface area (Å²) in [7, 11) is 0. The summed E-state index contributed by atoms with van der Waals surface area (Å²) >= 11 is 0. The average Bonchev–Trinajstić information content (AvgIpc) is 2.17. The van der Waals surface area contributed by atoms with E-state index in [2.05, 4.69) is 0 Å². The van der Waals surface area contributed by atoms with Crippen molar-refractivity contribution in [1.29, 1.82) is 0 Å². The van der Waals surface area contributed by atoms with Crippen molar-refractivity contribution in [3.8, 4) is 0 Å². The zero-order valence-corrected chi connectivity index (χ0v) is 6.24. The molecule has 0 aliphatic rings. The largest absolute Gasteiger partial charge is 0.317 e. The normalized spacial score (nSPS) is 11.1. The van der Waals surface area contributed by atoms with Crippen molar-refractivity contribution in [2.75, 3.05) is 0 Å². The highest BCUT2D eigenvalue weighted by molar-refractivity contribution is 5.02. The molecule has 4 heteroatoms. The van der Waals surface area contributed by atoms with Crippen LogP contribution in [0.4, 0.5) is 13.2 Å². The lowest BCUT2D eigenvalue weighted by atomic mass is 10.4. The summed E-state index contributed by atoms with van der Waals surface area (Å²) in [6.45, 7) is 3.28. The van der Waals surface area contributed by atoms with Gasteiger partial charge in [0.1, 0.15) is 0 Å². The third-order valence-electron chi connectivity index (χ3n) is 1.43. The Morgan fingerprint density at radius 1 is 1.27 bits per heavy atom. The maximum atomic E-state index is 12.6. The smallest absolute Gasteiger partial charge is 0.233 e. The van der Waals surface area contributed by atoms with E-state index in [-0.39, 0.29) is 6.04 Å². The first-order valence-electron chi connectivity index (χ1n) is 3.25. The van der Waals surface area contributed by atoms with Crippen LogP contribution in [-0.4, -0.2) is 4.57 Å². The predicted molar refractivity (Wildman–Crippen MR) is 34.7 cm³/mol. The van der Waals surface area contributed by atoms with E-state index in [0.717, 1.165) is 10.8 Å². The molecule has 1 heterocycles. The Labute approximate surface area is 62.4 Å². The molecule has 0 saturated heterocycles. The van der Waals surface area contributed by atoms with Gasteiger partial charge in [0.15, 0.2) is 5.82 Å². The summed E-state index contributed by atoms with van der Waals surface area (Å²) in [6.07, 6.45) is 0.815. The molecule has 0 bridgehead atoms. The maximum Gasteiger partial charge on any atom is 0.233 e. The second-order valence-electron chi connectivity index (χ2n) is 2.58. The summed E-state index contributed by atoms with van der Waals surface area (Å²) in [5.41, 5.74) is 0. The van der Waals surface area contributed by atoms with Gasteiger partial charge >= 0.3 is 0 Å². The van der Waals surface area contributed by atoms with Crippen LogP contribution < -0.4 is 0 Å². The Bertz CT molecular complexity index is 265. The van der Waals surface area contributed by atoms with Gasteiger partial charge < -0.3 is 4.57 Å².